The van der Waals surface area contributed by atoms with Crippen molar-refractivity contribution < 1.29 is 32.2 Å². The molecule has 5 nitrogen and oxygen atoms in total. The van der Waals surface area contributed by atoms with Crippen molar-refractivity contribution in [1.82, 2.24) is 0 Å². The van der Waals surface area contributed by atoms with Gasteiger partial charge in [0.2, 0.25) is 5.91 Å². The number of alkyl halides is 3. The van der Waals surface area contributed by atoms with E-state index in [0.29, 0.717) is 23.4 Å². The van der Waals surface area contributed by atoms with Gasteiger partial charge in [0.1, 0.15) is 5.60 Å². The monoisotopic (exact) mass is 585 g/mol. The Bertz CT molecular complexity index is 1220. The van der Waals surface area contributed by atoms with Gasteiger partial charge < -0.3 is 14.8 Å². The van der Waals surface area contributed by atoms with Crippen LogP contribution in [0.1, 0.15) is 76.5 Å². The molecule has 212 valence electrons. The zero-order chi connectivity index (χ0) is 28.8. The Labute approximate surface area is 236 Å². The molecule has 2 saturated carbocycles. The van der Waals surface area contributed by atoms with Crippen LogP contribution in [0, 0.1) is 11.3 Å². The number of ether oxygens (including phenoxy) is 2. The first-order valence-corrected chi connectivity index (χ1v) is 13.7. The van der Waals surface area contributed by atoms with Crippen molar-refractivity contribution in [2.24, 2.45) is 11.3 Å². The van der Waals surface area contributed by atoms with Crippen molar-refractivity contribution in [3.8, 4) is 0 Å². The molecule has 39 heavy (non-hydrogen) atoms. The number of esters is 1. The Morgan fingerprint density at radius 1 is 1.00 bits per heavy atom. The van der Waals surface area contributed by atoms with E-state index in [1.54, 1.807) is 39.0 Å². The van der Waals surface area contributed by atoms with Crippen molar-refractivity contribution in [1.29, 1.82) is 0 Å². The van der Waals surface area contributed by atoms with E-state index in [4.69, 9.17) is 32.7 Å². The Hall–Kier alpha value is -2.29. The number of amides is 1. The summed E-state index contributed by atoms with van der Waals surface area (Å²) >= 11 is 12.3. The number of benzene rings is 2. The van der Waals surface area contributed by atoms with Gasteiger partial charge in [0, 0.05) is 5.02 Å². The molecule has 2 aromatic rings. The molecule has 2 aromatic carbocycles. The molecule has 2 aliphatic rings. The Kier molecular flexibility index (Phi) is 8.33. The van der Waals surface area contributed by atoms with E-state index in [2.05, 4.69) is 5.32 Å². The number of hydrogen-bond donors (Lipinski definition) is 1. The third-order valence-corrected chi connectivity index (χ3v) is 7.61. The average molecular weight is 586 g/mol. The Balaban J connectivity index is 1.65. The van der Waals surface area contributed by atoms with Crippen LogP contribution < -0.4 is 5.32 Å². The molecule has 10 heteroatoms. The maximum atomic E-state index is 13.8. The van der Waals surface area contributed by atoms with Crippen LogP contribution in [0.25, 0.3) is 0 Å². The first kappa shape index (κ1) is 29.7. The second-order valence-corrected chi connectivity index (χ2v) is 12.3. The summed E-state index contributed by atoms with van der Waals surface area (Å²) in [4.78, 5) is 26.6. The first-order chi connectivity index (χ1) is 18.1. The largest absolute Gasteiger partial charge is 0.459 e. The normalized spacial score (nSPS) is 19.1. The maximum Gasteiger partial charge on any atom is 0.392 e. The third kappa shape index (κ3) is 7.08. The van der Waals surface area contributed by atoms with Gasteiger partial charge in [-0.1, -0.05) is 48.3 Å². The van der Waals surface area contributed by atoms with E-state index >= 15 is 0 Å². The lowest BCUT2D eigenvalue weighted by Gasteiger charge is -2.30. The van der Waals surface area contributed by atoms with Crippen LogP contribution in [0.5, 0.6) is 0 Å². The van der Waals surface area contributed by atoms with E-state index < -0.39 is 41.0 Å². The van der Waals surface area contributed by atoms with E-state index in [0.717, 1.165) is 19.8 Å². The standard InChI is InChI=1S/C29H32Cl2F3NO4/c1-16(29(32,33)34)23(17-5-8-19(30)9-6-17)25(36)35-22-15-18(7-12-21(22)31)24(38-20-10-11-20)28(13-14-28)26(37)39-27(2,3)4/h5-9,12,15-16,20,23-24H,10-11,13-14H2,1-4H3,(H,35,36)/t16-,23+,24?/m1/s1. The van der Waals surface area contributed by atoms with Gasteiger partial charge >= 0.3 is 12.1 Å². The average Bonchev–Trinajstić information content (AvgIpc) is 3.74. The fraction of sp³-hybridized carbons (Fsp3) is 0.517. The van der Waals surface area contributed by atoms with Crippen LogP contribution in [-0.4, -0.2) is 29.8 Å². The highest BCUT2D eigenvalue weighted by molar-refractivity contribution is 6.33. The highest BCUT2D eigenvalue weighted by Gasteiger charge is 2.60. The molecule has 0 radical (unpaired) electrons. The van der Waals surface area contributed by atoms with Gasteiger partial charge in [0.15, 0.2) is 0 Å². The molecular formula is C29H32Cl2F3NO4. The van der Waals surface area contributed by atoms with Crippen molar-refractivity contribution in [3.63, 3.8) is 0 Å². The fourth-order valence-electron chi connectivity index (χ4n) is 4.55. The SMILES string of the molecule is C[C@H]([C@H](C(=O)Nc1cc(C(OC2CC2)C2(C(=O)OC(C)(C)C)CC2)ccc1Cl)c1ccc(Cl)cc1)C(F)(F)F. The number of hydrogen-bond acceptors (Lipinski definition) is 4. The molecule has 1 unspecified atom stereocenters. The Morgan fingerprint density at radius 3 is 2.10 bits per heavy atom. The van der Waals surface area contributed by atoms with Gasteiger partial charge in [-0.3, -0.25) is 9.59 Å². The van der Waals surface area contributed by atoms with Crippen LogP contribution in [0.3, 0.4) is 0 Å². The van der Waals surface area contributed by atoms with Crippen LogP contribution in [0.2, 0.25) is 10.0 Å². The predicted octanol–water partition coefficient (Wildman–Crippen LogP) is 8.26. The number of halogens is 5. The van der Waals surface area contributed by atoms with E-state index in [1.165, 1.54) is 24.3 Å². The molecule has 0 aromatic heterocycles. The summed E-state index contributed by atoms with van der Waals surface area (Å²) in [6, 6.07) is 10.5. The van der Waals surface area contributed by atoms with Crippen molar-refractivity contribution in [2.75, 3.05) is 5.32 Å². The topological polar surface area (TPSA) is 64.6 Å². The number of carbonyl (C=O) groups is 2. The lowest BCUT2D eigenvalue weighted by Crippen LogP contribution is -2.35. The molecule has 0 spiro atoms. The van der Waals surface area contributed by atoms with Crippen LogP contribution >= 0.6 is 23.2 Å². The van der Waals surface area contributed by atoms with E-state index in [-0.39, 0.29) is 28.3 Å². The van der Waals surface area contributed by atoms with Gasteiger partial charge in [0.25, 0.3) is 0 Å². The molecule has 3 atom stereocenters. The van der Waals surface area contributed by atoms with Crippen LogP contribution in [-0.2, 0) is 19.1 Å². The molecule has 0 heterocycles. The van der Waals surface area contributed by atoms with Gasteiger partial charge in [-0.25, -0.2) is 0 Å². The quantitative estimate of drug-likeness (QED) is 0.301. The molecule has 2 aliphatic carbocycles. The summed E-state index contributed by atoms with van der Waals surface area (Å²) in [7, 11) is 0. The second kappa shape index (κ2) is 10.9. The maximum absolute atomic E-state index is 13.8. The fourth-order valence-corrected chi connectivity index (χ4v) is 4.84. The molecule has 1 N–H and O–H groups in total. The Morgan fingerprint density at radius 2 is 1.59 bits per heavy atom. The molecule has 4 rings (SSSR count). The van der Waals surface area contributed by atoms with Gasteiger partial charge in [-0.15, -0.1) is 0 Å². The van der Waals surface area contributed by atoms with Crippen LogP contribution in [0.15, 0.2) is 42.5 Å². The highest BCUT2D eigenvalue weighted by Crippen LogP contribution is 2.59. The third-order valence-electron chi connectivity index (χ3n) is 7.03. The molecule has 0 bridgehead atoms. The number of nitrogens with one attached hydrogen (secondary N) is 1. The minimum atomic E-state index is -4.62. The molecule has 1 amide bonds. The van der Waals surface area contributed by atoms with Gasteiger partial charge in [-0.2, -0.15) is 13.2 Å². The lowest BCUT2D eigenvalue weighted by molar-refractivity contribution is -0.178. The molecular weight excluding hydrogens is 554 g/mol. The summed E-state index contributed by atoms with van der Waals surface area (Å²) in [5, 5.41) is 3.09. The molecule has 0 aliphatic heterocycles. The smallest absolute Gasteiger partial charge is 0.392 e. The second-order valence-electron chi connectivity index (χ2n) is 11.5. The lowest BCUT2D eigenvalue weighted by atomic mass is 9.85. The van der Waals surface area contributed by atoms with Crippen molar-refractivity contribution >= 4 is 40.8 Å². The zero-order valence-electron chi connectivity index (χ0n) is 22.2. The minimum Gasteiger partial charge on any atom is -0.459 e. The first-order valence-electron chi connectivity index (χ1n) is 12.9. The molecule has 0 saturated heterocycles. The molecule has 2 fully saturated rings. The predicted molar refractivity (Wildman–Crippen MR) is 144 cm³/mol. The summed E-state index contributed by atoms with van der Waals surface area (Å²) in [5.74, 6) is -4.75. The van der Waals surface area contributed by atoms with E-state index in [9.17, 15) is 22.8 Å². The van der Waals surface area contributed by atoms with Gasteiger partial charge in [0.05, 0.1) is 40.2 Å². The van der Waals surface area contributed by atoms with E-state index in [1.807, 2.05) is 0 Å². The van der Waals surface area contributed by atoms with Crippen molar-refractivity contribution in [2.45, 2.75) is 83.3 Å². The summed E-state index contributed by atoms with van der Waals surface area (Å²) in [6.45, 7) is 6.36. The highest BCUT2D eigenvalue weighted by atomic mass is 35.5. The zero-order valence-corrected chi connectivity index (χ0v) is 23.7. The summed E-state index contributed by atoms with van der Waals surface area (Å²) in [5.41, 5.74) is -0.650. The number of rotatable bonds is 9. The van der Waals surface area contributed by atoms with Crippen molar-refractivity contribution in [3.05, 3.63) is 63.6 Å². The number of carbonyl (C=O) groups excluding carboxylic acids is 2. The van der Waals surface area contributed by atoms with Crippen LogP contribution in [0.4, 0.5) is 18.9 Å². The summed E-state index contributed by atoms with van der Waals surface area (Å²) < 4.78 is 53.3. The number of anilines is 1. The summed E-state index contributed by atoms with van der Waals surface area (Å²) in [6.07, 6.45) is -2.37. The minimum absolute atomic E-state index is 0.00514. The van der Waals surface area contributed by atoms with Gasteiger partial charge in [-0.05, 0) is 81.8 Å².